The van der Waals surface area contributed by atoms with Gasteiger partial charge in [0.05, 0.1) is 0 Å². The van der Waals surface area contributed by atoms with Gasteiger partial charge in [-0.05, 0) is 43.7 Å². The first-order chi connectivity index (χ1) is 9.72. The van der Waals surface area contributed by atoms with Crippen molar-refractivity contribution in [3.8, 4) is 0 Å². The maximum Gasteiger partial charge on any atom is 0.348 e. The standard InChI is InChI=1S/C15H19NO3S/c17-14(16-11-5-1-2-6-11)9-19-15(18)13-8-10-4-3-7-12(10)20-13/h8,11H,1-7,9H2,(H,16,17). The van der Waals surface area contributed by atoms with E-state index in [1.54, 1.807) is 0 Å². The summed E-state index contributed by atoms with van der Waals surface area (Å²) in [4.78, 5) is 25.5. The Morgan fingerprint density at radius 2 is 2.05 bits per heavy atom. The maximum atomic E-state index is 11.9. The monoisotopic (exact) mass is 293 g/mol. The van der Waals surface area contributed by atoms with Crippen LogP contribution < -0.4 is 5.32 Å². The van der Waals surface area contributed by atoms with Gasteiger partial charge in [0.2, 0.25) is 0 Å². The Morgan fingerprint density at radius 3 is 2.80 bits per heavy atom. The average Bonchev–Trinajstić information content (AvgIpc) is 3.11. The van der Waals surface area contributed by atoms with Crippen LogP contribution in [0.5, 0.6) is 0 Å². The summed E-state index contributed by atoms with van der Waals surface area (Å²) in [5.74, 6) is -0.555. The van der Waals surface area contributed by atoms with E-state index in [4.69, 9.17) is 4.74 Å². The number of hydrogen-bond donors (Lipinski definition) is 1. The number of carbonyl (C=O) groups is 2. The molecule has 0 atom stereocenters. The van der Waals surface area contributed by atoms with Crippen LogP contribution in [0.1, 0.15) is 52.2 Å². The first-order valence-electron chi connectivity index (χ1n) is 7.30. The lowest BCUT2D eigenvalue weighted by molar-refractivity contribution is -0.124. The molecule has 0 radical (unpaired) electrons. The van der Waals surface area contributed by atoms with Crippen molar-refractivity contribution in [1.82, 2.24) is 5.32 Å². The predicted octanol–water partition coefficient (Wildman–Crippen LogP) is 2.45. The molecule has 1 aromatic rings. The lowest BCUT2D eigenvalue weighted by atomic mass is 10.2. The number of ether oxygens (including phenoxy) is 1. The zero-order valence-electron chi connectivity index (χ0n) is 11.4. The van der Waals surface area contributed by atoms with Gasteiger partial charge in [-0.3, -0.25) is 4.79 Å². The molecule has 1 N–H and O–H groups in total. The highest BCUT2D eigenvalue weighted by molar-refractivity contribution is 7.14. The lowest BCUT2D eigenvalue weighted by Crippen LogP contribution is -2.35. The number of amides is 1. The van der Waals surface area contributed by atoms with Crippen molar-refractivity contribution in [3.63, 3.8) is 0 Å². The Kier molecular flexibility index (Phi) is 4.05. The van der Waals surface area contributed by atoms with Crippen LogP contribution in [0.25, 0.3) is 0 Å². The molecule has 1 aromatic heterocycles. The third kappa shape index (κ3) is 3.03. The van der Waals surface area contributed by atoms with Crippen molar-refractivity contribution in [2.45, 2.75) is 51.0 Å². The molecule has 2 aliphatic carbocycles. The van der Waals surface area contributed by atoms with E-state index in [-0.39, 0.29) is 24.5 Å². The largest absolute Gasteiger partial charge is 0.451 e. The van der Waals surface area contributed by atoms with E-state index in [1.807, 2.05) is 6.07 Å². The summed E-state index contributed by atoms with van der Waals surface area (Å²) in [5, 5.41) is 2.91. The van der Waals surface area contributed by atoms with Crippen LogP contribution in [0.4, 0.5) is 0 Å². The SMILES string of the molecule is O=C(COC(=O)c1cc2c(s1)CCC2)NC1CCCC1. The van der Waals surface area contributed by atoms with Gasteiger partial charge in [-0.2, -0.15) is 0 Å². The number of rotatable bonds is 4. The molecule has 1 fully saturated rings. The van der Waals surface area contributed by atoms with E-state index in [1.165, 1.54) is 41.0 Å². The number of carbonyl (C=O) groups excluding carboxylic acids is 2. The number of fused-ring (bicyclic) bond motifs is 1. The molecule has 0 spiro atoms. The summed E-state index contributed by atoms with van der Waals surface area (Å²) in [5.41, 5.74) is 1.28. The zero-order chi connectivity index (χ0) is 13.9. The fourth-order valence-electron chi connectivity index (χ4n) is 2.97. The zero-order valence-corrected chi connectivity index (χ0v) is 12.3. The van der Waals surface area contributed by atoms with Crippen LogP contribution in [-0.2, 0) is 22.4 Å². The molecule has 0 unspecified atom stereocenters. The topological polar surface area (TPSA) is 55.4 Å². The molecule has 0 saturated heterocycles. The predicted molar refractivity (Wildman–Crippen MR) is 77.0 cm³/mol. The Balaban J connectivity index is 1.47. The smallest absolute Gasteiger partial charge is 0.348 e. The molecule has 0 aromatic carbocycles. The molecular weight excluding hydrogens is 274 g/mol. The van der Waals surface area contributed by atoms with Crippen LogP contribution in [0.2, 0.25) is 0 Å². The summed E-state index contributed by atoms with van der Waals surface area (Å²) in [6.07, 6.45) is 7.72. The summed E-state index contributed by atoms with van der Waals surface area (Å²) < 4.78 is 5.10. The van der Waals surface area contributed by atoms with Gasteiger partial charge in [0.15, 0.2) is 6.61 Å². The van der Waals surface area contributed by atoms with Crippen molar-refractivity contribution in [2.75, 3.05) is 6.61 Å². The van der Waals surface area contributed by atoms with Gasteiger partial charge >= 0.3 is 5.97 Å². The fourth-order valence-corrected chi connectivity index (χ4v) is 4.12. The van der Waals surface area contributed by atoms with E-state index >= 15 is 0 Å². The molecule has 1 saturated carbocycles. The molecule has 2 aliphatic rings. The van der Waals surface area contributed by atoms with Gasteiger partial charge in [-0.25, -0.2) is 4.79 Å². The number of esters is 1. The summed E-state index contributed by atoms with van der Waals surface area (Å²) in [6, 6.07) is 2.19. The normalized spacial score (nSPS) is 18.0. The molecule has 4 nitrogen and oxygen atoms in total. The third-order valence-corrected chi connectivity index (χ3v) is 5.22. The second-order valence-electron chi connectivity index (χ2n) is 5.54. The quantitative estimate of drug-likeness (QED) is 0.868. The van der Waals surface area contributed by atoms with Crippen molar-refractivity contribution in [2.24, 2.45) is 0 Å². The first-order valence-corrected chi connectivity index (χ1v) is 8.12. The van der Waals surface area contributed by atoms with Crippen LogP contribution in [-0.4, -0.2) is 24.5 Å². The van der Waals surface area contributed by atoms with Crippen LogP contribution in [0.15, 0.2) is 6.07 Å². The number of nitrogens with one attached hydrogen (secondary N) is 1. The van der Waals surface area contributed by atoms with Crippen LogP contribution in [0, 0.1) is 0 Å². The van der Waals surface area contributed by atoms with Gasteiger partial charge in [-0.15, -0.1) is 11.3 Å². The van der Waals surface area contributed by atoms with Gasteiger partial charge in [0.25, 0.3) is 5.91 Å². The Morgan fingerprint density at radius 1 is 1.25 bits per heavy atom. The summed E-state index contributed by atoms with van der Waals surface area (Å²) in [7, 11) is 0. The van der Waals surface area contributed by atoms with Crippen molar-refractivity contribution >= 4 is 23.2 Å². The van der Waals surface area contributed by atoms with E-state index in [2.05, 4.69) is 5.32 Å². The second kappa shape index (κ2) is 5.95. The average molecular weight is 293 g/mol. The number of hydrogen-bond acceptors (Lipinski definition) is 4. The summed E-state index contributed by atoms with van der Waals surface area (Å²) in [6.45, 7) is -0.169. The van der Waals surface area contributed by atoms with Gasteiger partial charge in [0.1, 0.15) is 4.88 Å². The molecule has 1 heterocycles. The summed E-state index contributed by atoms with van der Waals surface area (Å²) >= 11 is 1.51. The molecule has 1 amide bonds. The molecule has 0 bridgehead atoms. The van der Waals surface area contributed by atoms with E-state index in [0.717, 1.165) is 25.7 Å². The van der Waals surface area contributed by atoms with Crippen LogP contribution >= 0.6 is 11.3 Å². The highest BCUT2D eigenvalue weighted by Gasteiger charge is 2.21. The van der Waals surface area contributed by atoms with Crippen molar-refractivity contribution in [1.29, 1.82) is 0 Å². The lowest BCUT2D eigenvalue weighted by Gasteiger charge is -2.11. The number of thiophene rings is 1. The molecule has 5 heteroatoms. The van der Waals surface area contributed by atoms with Crippen molar-refractivity contribution in [3.05, 3.63) is 21.4 Å². The molecule has 0 aliphatic heterocycles. The highest BCUT2D eigenvalue weighted by Crippen LogP contribution is 2.30. The van der Waals surface area contributed by atoms with Gasteiger partial charge < -0.3 is 10.1 Å². The fraction of sp³-hybridized carbons (Fsp3) is 0.600. The Hall–Kier alpha value is -1.36. The van der Waals surface area contributed by atoms with Gasteiger partial charge in [-0.1, -0.05) is 12.8 Å². The molecule has 108 valence electrons. The molecular formula is C15H19NO3S. The first kappa shape index (κ1) is 13.6. The van der Waals surface area contributed by atoms with E-state index in [9.17, 15) is 9.59 Å². The van der Waals surface area contributed by atoms with Gasteiger partial charge in [0, 0.05) is 10.9 Å². The highest BCUT2D eigenvalue weighted by atomic mass is 32.1. The van der Waals surface area contributed by atoms with E-state index < -0.39 is 0 Å². The number of aryl methyl sites for hydroxylation is 2. The minimum Gasteiger partial charge on any atom is -0.451 e. The molecule has 20 heavy (non-hydrogen) atoms. The Labute approximate surface area is 122 Å². The third-order valence-electron chi connectivity index (χ3n) is 4.00. The van der Waals surface area contributed by atoms with Crippen LogP contribution in [0.3, 0.4) is 0 Å². The second-order valence-corrected chi connectivity index (χ2v) is 6.67. The maximum absolute atomic E-state index is 11.9. The molecule has 3 rings (SSSR count). The minimum absolute atomic E-state index is 0.169. The minimum atomic E-state index is -0.369. The van der Waals surface area contributed by atoms with E-state index in [0.29, 0.717) is 4.88 Å². The van der Waals surface area contributed by atoms with Crippen molar-refractivity contribution < 1.29 is 14.3 Å². The Bertz CT molecular complexity index is 496.